The van der Waals surface area contributed by atoms with Gasteiger partial charge in [-0.1, -0.05) is 30.3 Å². The van der Waals surface area contributed by atoms with Crippen LogP contribution in [-0.4, -0.2) is 41.4 Å². The second-order valence-corrected chi connectivity index (χ2v) is 8.83. The van der Waals surface area contributed by atoms with Gasteiger partial charge >= 0.3 is 0 Å². The number of fused-ring (bicyclic) bond motifs is 3. The van der Waals surface area contributed by atoms with E-state index in [1.165, 1.54) is 16.0 Å². The zero-order valence-electron chi connectivity index (χ0n) is 16.8. The van der Waals surface area contributed by atoms with Crippen LogP contribution in [0.5, 0.6) is 0 Å². The summed E-state index contributed by atoms with van der Waals surface area (Å²) < 4.78 is 0. The molecule has 6 nitrogen and oxygen atoms in total. The third-order valence-electron chi connectivity index (χ3n) is 5.51. The predicted octanol–water partition coefficient (Wildman–Crippen LogP) is 2.83. The first-order valence-electron chi connectivity index (χ1n) is 10.0. The minimum absolute atomic E-state index is 0.0378. The average molecular weight is 411 g/mol. The van der Waals surface area contributed by atoms with Gasteiger partial charge in [-0.3, -0.25) is 9.59 Å². The van der Waals surface area contributed by atoms with Crippen LogP contribution in [0.3, 0.4) is 0 Å². The number of thiophene rings is 1. The lowest BCUT2D eigenvalue weighted by Gasteiger charge is -2.25. The Balaban J connectivity index is 1.38. The number of benzene rings is 1. The highest BCUT2D eigenvalue weighted by molar-refractivity contribution is 7.18. The van der Waals surface area contributed by atoms with Crippen LogP contribution in [-0.2, 0) is 24.1 Å². The van der Waals surface area contributed by atoms with Crippen molar-refractivity contribution in [2.24, 2.45) is 0 Å². The Morgan fingerprint density at radius 3 is 2.83 bits per heavy atom. The number of hydrogen-bond donors (Lipinski definition) is 2. The molecule has 1 aliphatic rings. The van der Waals surface area contributed by atoms with E-state index in [1.54, 1.807) is 11.3 Å². The van der Waals surface area contributed by atoms with Crippen LogP contribution in [0.15, 0.2) is 35.1 Å². The van der Waals surface area contributed by atoms with Crippen molar-refractivity contribution in [3.8, 4) is 0 Å². The molecule has 7 heteroatoms. The van der Waals surface area contributed by atoms with Gasteiger partial charge in [-0.15, -0.1) is 11.3 Å². The van der Waals surface area contributed by atoms with E-state index >= 15 is 0 Å². The summed E-state index contributed by atoms with van der Waals surface area (Å²) in [5.74, 6) is 0.550. The summed E-state index contributed by atoms with van der Waals surface area (Å²) in [6.45, 7) is 0.538. The minimum atomic E-state index is -0.0680. The number of carbonyl (C=O) groups is 1. The molecule has 1 unspecified atom stereocenters. The SMILES string of the molecule is CN(C)C(CNC(=O)CCc1nc2sc3c(c2c(=O)[nH]1)CCC3)c1ccccc1. The van der Waals surface area contributed by atoms with Gasteiger partial charge in [-0.05, 0) is 44.5 Å². The van der Waals surface area contributed by atoms with Crippen LogP contribution >= 0.6 is 11.3 Å². The molecule has 0 spiro atoms. The summed E-state index contributed by atoms with van der Waals surface area (Å²) in [7, 11) is 4.01. The number of nitrogens with one attached hydrogen (secondary N) is 2. The normalized spacial score (nSPS) is 14.3. The number of likely N-dealkylation sites (N-methyl/N-ethyl adjacent to an activating group) is 1. The van der Waals surface area contributed by atoms with Gasteiger partial charge in [0, 0.05) is 24.3 Å². The number of nitrogens with zero attached hydrogens (tertiary/aromatic N) is 2. The first-order chi connectivity index (χ1) is 14.0. The van der Waals surface area contributed by atoms with Crippen LogP contribution in [0.4, 0.5) is 0 Å². The molecular formula is C22H26N4O2S. The van der Waals surface area contributed by atoms with Crippen molar-refractivity contribution in [2.75, 3.05) is 20.6 Å². The molecule has 4 rings (SSSR count). The Labute approximate surface area is 174 Å². The number of aromatic nitrogens is 2. The van der Waals surface area contributed by atoms with Gasteiger partial charge < -0.3 is 15.2 Å². The number of amides is 1. The van der Waals surface area contributed by atoms with E-state index in [9.17, 15) is 9.59 Å². The molecule has 3 aromatic rings. The van der Waals surface area contributed by atoms with Crippen molar-refractivity contribution in [3.63, 3.8) is 0 Å². The molecule has 0 fully saturated rings. The predicted molar refractivity (Wildman–Crippen MR) is 116 cm³/mol. The fourth-order valence-electron chi connectivity index (χ4n) is 3.97. The summed E-state index contributed by atoms with van der Waals surface area (Å²) in [6.07, 6.45) is 3.86. The largest absolute Gasteiger partial charge is 0.354 e. The number of carbonyl (C=O) groups excluding carboxylic acids is 1. The highest BCUT2D eigenvalue weighted by Gasteiger charge is 2.21. The minimum Gasteiger partial charge on any atom is -0.354 e. The van der Waals surface area contributed by atoms with Crippen molar-refractivity contribution in [3.05, 3.63) is 62.5 Å². The van der Waals surface area contributed by atoms with Gasteiger partial charge in [0.05, 0.1) is 11.4 Å². The Morgan fingerprint density at radius 2 is 2.07 bits per heavy atom. The van der Waals surface area contributed by atoms with Crippen LogP contribution in [0.1, 0.15) is 40.7 Å². The molecule has 0 saturated carbocycles. The van der Waals surface area contributed by atoms with E-state index in [2.05, 4.69) is 32.3 Å². The third kappa shape index (κ3) is 4.26. The summed E-state index contributed by atoms with van der Waals surface area (Å²) in [4.78, 5) is 36.6. The standard InChI is InChI=1S/C22H26N4O2S/c1-26(2)16(14-7-4-3-5-8-14)13-23-19(27)12-11-18-24-21(28)20-15-9-6-10-17(15)29-22(20)25-18/h3-5,7-8,16H,6,9-13H2,1-2H3,(H,23,27)(H,24,25,28). The smallest absolute Gasteiger partial charge is 0.259 e. The zero-order valence-corrected chi connectivity index (χ0v) is 17.6. The van der Waals surface area contributed by atoms with E-state index in [0.29, 0.717) is 25.2 Å². The molecule has 0 saturated heterocycles. The first kappa shape index (κ1) is 19.8. The van der Waals surface area contributed by atoms with Gasteiger partial charge in [0.2, 0.25) is 5.91 Å². The molecule has 2 heterocycles. The van der Waals surface area contributed by atoms with Crippen LogP contribution in [0.25, 0.3) is 10.2 Å². The maximum atomic E-state index is 12.5. The second kappa shape index (κ2) is 8.47. The third-order valence-corrected chi connectivity index (χ3v) is 6.70. The van der Waals surface area contributed by atoms with Gasteiger partial charge in [0.1, 0.15) is 10.7 Å². The average Bonchev–Trinajstić information content (AvgIpc) is 3.28. The van der Waals surface area contributed by atoms with E-state index in [1.807, 2.05) is 32.3 Å². The molecule has 29 heavy (non-hydrogen) atoms. The lowest BCUT2D eigenvalue weighted by Crippen LogP contribution is -2.34. The van der Waals surface area contributed by atoms with Crippen LogP contribution in [0.2, 0.25) is 0 Å². The molecule has 1 atom stereocenters. The second-order valence-electron chi connectivity index (χ2n) is 7.74. The fourth-order valence-corrected chi connectivity index (χ4v) is 5.25. The number of hydrogen-bond acceptors (Lipinski definition) is 5. The van der Waals surface area contributed by atoms with Crippen molar-refractivity contribution in [1.82, 2.24) is 20.2 Å². The topological polar surface area (TPSA) is 78.1 Å². The van der Waals surface area contributed by atoms with Crippen molar-refractivity contribution < 1.29 is 4.79 Å². The Kier molecular flexibility index (Phi) is 5.78. The molecule has 0 radical (unpaired) electrons. The molecule has 1 aliphatic carbocycles. The molecule has 1 aromatic carbocycles. The van der Waals surface area contributed by atoms with Gasteiger partial charge in [-0.25, -0.2) is 4.98 Å². The van der Waals surface area contributed by atoms with Crippen molar-refractivity contribution >= 4 is 27.5 Å². The maximum Gasteiger partial charge on any atom is 0.259 e. The lowest BCUT2D eigenvalue weighted by atomic mass is 10.1. The van der Waals surface area contributed by atoms with Gasteiger partial charge in [-0.2, -0.15) is 0 Å². The van der Waals surface area contributed by atoms with E-state index in [4.69, 9.17) is 0 Å². The van der Waals surface area contributed by atoms with Crippen LogP contribution in [0, 0.1) is 0 Å². The highest BCUT2D eigenvalue weighted by Crippen LogP contribution is 2.34. The lowest BCUT2D eigenvalue weighted by molar-refractivity contribution is -0.121. The van der Waals surface area contributed by atoms with Gasteiger partial charge in [0.15, 0.2) is 0 Å². The van der Waals surface area contributed by atoms with E-state index < -0.39 is 0 Å². The van der Waals surface area contributed by atoms with E-state index in [0.717, 1.165) is 29.5 Å². The summed E-state index contributed by atoms with van der Waals surface area (Å²) >= 11 is 1.63. The summed E-state index contributed by atoms with van der Waals surface area (Å²) in [5, 5.41) is 3.78. The van der Waals surface area contributed by atoms with Crippen LogP contribution < -0.4 is 10.9 Å². The van der Waals surface area contributed by atoms with Gasteiger partial charge in [0.25, 0.3) is 5.56 Å². The number of aryl methyl sites for hydroxylation is 3. The molecule has 2 aromatic heterocycles. The van der Waals surface area contributed by atoms with E-state index in [-0.39, 0.29) is 17.5 Å². The highest BCUT2D eigenvalue weighted by atomic mass is 32.1. The summed E-state index contributed by atoms with van der Waals surface area (Å²) in [5.41, 5.74) is 2.28. The number of H-pyrrole nitrogens is 1. The Bertz CT molecular complexity index is 1070. The zero-order chi connectivity index (χ0) is 20.4. The summed E-state index contributed by atoms with van der Waals surface area (Å²) in [6, 6.07) is 10.3. The molecule has 0 bridgehead atoms. The molecular weight excluding hydrogens is 384 g/mol. The van der Waals surface area contributed by atoms with Crippen molar-refractivity contribution in [2.45, 2.75) is 38.1 Å². The monoisotopic (exact) mass is 410 g/mol. The number of aromatic amines is 1. The molecule has 0 aliphatic heterocycles. The molecule has 1 amide bonds. The number of rotatable bonds is 7. The molecule has 2 N–H and O–H groups in total. The Hall–Kier alpha value is -2.51. The quantitative estimate of drug-likeness (QED) is 0.628. The van der Waals surface area contributed by atoms with Crippen molar-refractivity contribution in [1.29, 1.82) is 0 Å². The Morgan fingerprint density at radius 1 is 1.28 bits per heavy atom. The first-order valence-corrected chi connectivity index (χ1v) is 10.9. The molecule has 152 valence electrons. The fraction of sp³-hybridized carbons (Fsp3) is 0.409. The maximum absolute atomic E-state index is 12.5.